The first-order valence-corrected chi connectivity index (χ1v) is 4.25. The van der Waals surface area contributed by atoms with Crippen LogP contribution < -0.4 is 5.32 Å². The fraction of sp³-hybridized carbons (Fsp3) is 0.750. The first-order chi connectivity index (χ1) is 5.77. The van der Waals surface area contributed by atoms with Crippen LogP contribution in [-0.4, -0.2) is 30.5 Å². The maximum absolute atomic E-state index is 11.5. The fourth-order valence-electron chi connectivity index (χ4n) is 1.57. The van der Waals surface area contributed by atoms with Gasteiger partial charge in [0, 0.05) is 19.4 Å². The Morgan fingerprint density at radius 3 is 3.08 bits per heavy atom. The number of rotatable bonds is 1. The Balaban J connectivity index is 2.24. The Bertz CT molecular complexity index is 241. The summed E-state index contributed by atoms with van der Waals surface area (Å²) < 4.78 is 5.18. The topological polar surface area (TPSA) is 50.7 Å². The van der Waals surface area contributed by atoms with E-state index in [0.29, 0.717) is 13.2 Å². The van der Waals surface area contributed by atoms with Gasteiger partial charge in [-0.15, -0.1) is 0 Å². The molecule has 4 heteroatoms. The van der Waals surface area contributed by atoms with Crippen molar-refractivity contribution in [2.75, 3.05) is 13.2 Å². The second kappa shape index (κ2) is 2.55. The highest BCUT2D eigenvalue weighted by Gasteiger charge is 2.46. The lowest BCUT2D eigenvalue weighted by Crippen LogP contribution is -2.39. The fourth-order valence-corrected chi connectivity index (χ4v) is 1.57. The molecule has 2 aliphatic rings. The largest absolute Gasteiger partial charge is 0.378 e. The minimum Gasteiger partial charge on any atom is -0.378 e. The highest BCUT2D eigenvalue weighted by Crippen LogP contribution is 2.27. The maximum Gasteiger partial charge on any atom is 0.255 e. The molecule has 0 aliphatic carbocycles. The maximum atomic E-state index is 11.5. The summed E-state index contributed by atoms with van der Waals surface area (Å²) >= 11 is 0. The number of hydrogen-bond acceptors (Lipinski definition) is 3. The van der Waals surface area contributed by atoms with Crippen LogP contribution in [0.2, 0.25) is 0 Å². The molecule has 1 unspecified atom stereocenters. The summed E-state index contributed by atoms with van der Waals surface area (Å²) in [4.78, 5) is 15.8. The molecule has 1 fully saturated rings. The summed E-state index contributed by atoms with van der Waals surface area (Å²) in [6.07, 6.45) is 1.51. The van der Waals surface area contributed by atoms with Crippen LogP contribution in [-0.2, 0) is 9.53 Å². The van der Waals surface area contributed by atoms with E-state index in [1.165, 1.54) is 0 Å². The van der Waals surface area contributed by atoms with Gasteiger partial charge in [0.1, 0.15) is 5.84 Å². The second-order valence-electron chi connectivity index (χ2n) is 3.20. The number of aliphatic imine (C=N–C) groups is 1. The van der Waals surface area contributed by atoms with Crippen LogP contribution in [0.1, 0.15) is 19.8 Å². The van der Waals surface area contributed by atoms with Crippen LogP contribution in [0.15, 0.2) is 4.99 Å². The molecule has 0 radical (unpaired) electrons. The van der Waals surface area contributed by atoms with Crippen LogP contribution in [0.5, 0.6) is 0 Å². The van der Waals surface area contributed by atoms with Gasteiger partial charge in [-0.05, 0) is 0 Å². The third-order valence-electron chi connectivity index (χ3n) is 2.37. The summed E-state index contributed by atoms with van der Waals surface area (Å²) in [7, 11) is 0. The number of amidine groups is 1. The Morgan fingerprint density at radius 2 is 2.58 bits per heavy atom. The number of ether oxygens (including phenoxy) is 1. The van der Waals surface area contributed by atoms with Gasteiger partial charge in [0.15, 0.2) is 5.54 Å². The van der Waals surface area contributed by atoms with E-state index in [2.05, 4.69) is 10.3 Å². The molecule has 12 heavy (non-hydrogen) atoms. The Morgan fingerprint density at radius 1 is 1.75 bits per heavy atom. The summed E-state index contributed by atoms with van der Waals surface area (Å²) in [6.45, 7) is 3.07. The molecule has 0 aromatic carbocycles. The van der Waals surface area contributed by atoms with E-state index in [-0.39, 0.29) is 5.91 Å². The van der Waals surface area contributed by atoms with Crippen LogP contribution >= 0.6 is 0 Å². The number of carbonyl (C=O) groups excluding carboxylic acids is 1. The lowest BCUT2D eigenvalue weighted by Gasteiger charge is -2.12. The SMILES string of the molecule is CCC1=NC2(CCOC2)C(=O)N1. The molecule has 0 aromatic heterocycles. The van der Waals surface area contributed by atoms with Crippen LogP contribution in [0.3, 0.4) is 0 Å². The van der Waals surface area contributed by atoms with E-state index in [0.717, 1.165) is 18.7 Å². The summed E-state index contributed by atoms with van der Waals surface area (Å²) in [6, 6.07) is 0. The number of nitrogens with zero attached hydrogens (tertiary/aromatic N) is 1. The lowest BCUT2D eigenvalue weighted by molar-refractivity contribution is -0.123. The van der Waals surface area contributed by atoms with Gasteiger partial charge in [-0.25, -0.2) is 0 Å². The van der Waals surface area contributed by atoms with Crippen molar-refractivity contribution in [3.8, 4) is 0 Å². The molecule has 1 saturated heterocycles. The van der Waals surface area contributed by atoms with Gasteiger partial charge >= 0.3 is 0 Å². The van der Waals surface area contributed by atoms with Gasteiger partial charge in [0.05, 0.1) is 6.61 Å². The minimum atomic E-state index is -0.564. The number of carbonyl (C=O) groups is 1. The smallest absolute Gasteiger partial charge is 0.255 e. The number of amides is 1. The predicted octanol–water partition coefficient (Wildman–Crippen LogP) is 0.0838. The molecule has 0 saturated carbocycles. The summed E-state index contributed by atoms with van der Waals surface area (Å²) in [5.41, 5.74) is -0.564. The van der Waals surface area contributed by atoms with Crippen molar-refractivity contribution in [3.05, 3.63) is 0 Å². The molecule has 2 heterocycles. The molecule has 2 aliphatic heterocycles. The zero-order chi connectivity index (χ0) is 8.60. The van der Waals surface area contributed by atoms with Crippen LogP contribution in [0, 0.1) is 0 Å². The zero-order valence-electron chi connectivity index (χ0n) is 7.09. The Labute approximate surface area is 71.0 Å². The molecule has 1 amide bonds. The Kier molecular flexibility index (Phi) is 1.65. The van der Waals surface area contributed by atoms with Gasteiger partial charge < -0.3 is 10.1 Å². The first kappa shape index (κ1) is 7.73. The van der Waals surface area contributed by atoms with Crippen molar-refractivity contribution in [3.63, 3.8) is 0 Å². The van der Waals surface area contributed by atoms with E-state index < -0.39 is 5.54 Å². The van der Waals surface area contributed by atoms with Crippen molar-refractivity contribution < 1.29 is 9.53 Å². The van der Waals surface area contributed by atoms with Gasteiger partial charge in [0.25, 0.3) is 5.91 Å². The molecular formula is C8H12N2O2. The number of nitrogens with one attached hydrogen (secondary N) is 1. The van der Waals surface area contributed by atoms with Crippen molar-refractivity contribution in [1.82, 2.24) is 5.32 Å². The molecule has 1 N–H and O–H groups in total. The van der Waals surface area contributed by atoms with E-state index in [9.17, 15) is 4.79 Å². The van der Waals surface area contributed by atoms with Gasteiger partial charge in [-0.3, -0.25) is 9.79 Å². The first-order valence-electron chi connectivity index (χ1n) is 4.25. The molecule has 4 nitrogen and oxygen atoms in total. The molecule has 2 rings (SSSR count). The van der Waals surface area contributed by atoms with Crippen molar-refractivity contribution in [2.24, 2.45) is 4.99 Å². The normalized spacial score (nSPS) is 34.1. The van der Waals surface area contributed by atoms with Gasteiger partial charge in [-0.2, -0.15) is 0 Å². The monoisotopic (exact) mass is 168 g/mol. The van der Waals surface area contributed by atoms with E-state index in [1.807, 2.05) is 6.92 Å². The molecule has 1 atom stereocenters. The molecular weight excluding hydrogens is 156 g/mol. The minimum absolute atomic E-state index is 0.0110. The predicted molar refractivity (Wildman–Crippen MR) is 44.0 cm³/mol. The standard InChI is InChI=1S/C8H12N2O2/c1-2-6-9-7(11)8(10-6)3-4-12-5-8/h2-5H2,1H3,(H,9,10,11). The summed E-state index contributed by atoms with van der Waals surface area (Å²) in [5, 5.41) is 2.77. The van der Waals surface area contributed by atoms with Crippen molar-refractivity contribution in [2.45, 2.75) is 25.3 Å². The van der Waals surface area contributed by atoms with E-state index >= 15 is 0 Å². The van der Waals surface area contributed by atoms with Gasteiger partial charge in [0.2, 0.25) is 0 Å². The van der Waals surface area contributed by atoms with Gasteiger partial charge in [-0.1, -0.05) is 6.92 Å². The average molecular weight is 168 g/mol. The quantitative estimate of drug-likeness (QED) is 0.603. The zero-order valence-corrected chi connectivity index (χ0v) is 7.09. The second-order valence-corrected chi connectivity index (χ2v) is 3.20. The van der Waals surface area contributed by atoms with Crippen molar-refractivity contribution >= 4 is 11.7 Å². The van der Waals surface area contributed by atoms with E-state index in [4.69, 9.17) is 4.74 Å². The molecule has 1 spiro atoms. The third-order valence-corrected chi connectivity index (χ3v) is 2.37. The Hall–Kier alpha value is -0.900. The third kappa shape index (κ3) is 0.948. The van der Waals surface area contributed by atoms with Crippen LogP contribution in [0.25, 0.3) is 0 Å². The highest BCUT2D eigenvalue weighted by molar-refractivity contribution is 6.08. The summed E-state index contributed by atoms with van der Waals surface area (Å²) in [5.74, 6) is 0.808. The van der Waals surface area contributed by atoms with Crippen LogP contribution in [0.4, 0.5) is 0 Å². The lowest BCUT2D eigenvalue weighted by atomic mass is 10.0. The molecule has 0 bridgehead atoms. The molecule has 0 aromatic rings. The van der Waals surface area contributed by atoms with Crippen molar-refractivity contribution in [1.29, 1.82) is 0 Å². The van der Waals surface area contributed by atoms with E-state index in [1.54, 1.807) is 0 Å². The molecule has 66 valence electrons. The number of hydrogen-bond donors (Lipinski definition) is 1. The average Bonchev–Trinajstić information content (AvgIpc) is 2.63. The highest BCUT2D eigenvalue weighted by atomic mass is 16.5.